The molecule has 0 spiro atoms. The van der Waals surface area contributed by atoms with Crippen LogP contribution in [-0.4, -0.2) is 10.9 Å². The summed E-state index contributed by atoms with van der Waals surface area (Å²) < 4.78 is 13.0. The SMILES string of the molecule is C=C/C(F)=C\c1nc(NC(=O)CC)sc1C. The third-order valence-electron chi connectivity index (χ3n) is 1.87. The third kappa shape index (κ3) is 3.27. The lowest BCUT2D eigenvalue weighted by atomic mass is 10.3. The number of nitrogens with zero attached hydrogens (tertiary/aromatic N) is 1. The van der Waals surface area contributed by atoms with Gasteiger partial charge in [-0.1, -0.05) is 13.5 Å². The summed E-state index contributed by atoms with van der Waals surface area (Å²) in [6.45, 7) is 6.90. The van der Waals surface area contributed by atoms with Gasteiger partial charge in [-0.2, -0.15) is 0 Å². The van der Waals surface area contributed by atoms with Crippen molar-refractivity contribution in [2.45, 2.75) is 20.3 Å². The molecule has 0 bridgehead atoms. The van der Waals surface area contributed by atoms with Gasteiger partial charge >= 0.3 is 0 Å². The molecule has 0 saturated carbocycles. The largest absolute Gasteiger partial charge is 0.302 e. The summed E-state index contributed by atoms with van der Waals surface area (Å²) >= 11 is 1.32. The van der Waals surface area contributed by atoms with Crippen LogP contribution in [0, 0.1) is 6.92 Å². The van der Waals surface area contributed by atoms with Gasteiger partial charge in [-0.05, 0) is 13.0 Å². The Morgan fingerprint density at radius 3 is 2.94 bits per heavy atom. The molecule has 0 atom stereocenters. The van der Waals surface area contributed by atoms with E-state index in [9.17, 15) is 9.18 Å². The number of carbonyl (C=O) groups is 1. The van der Waals surface area contributed by atoms with Crippen LogP contribution in [0.25, 0.3) is 6.08 Å². The summed E-state index contributed by atoms with van der Waals surface area (Å²) in [6.07, 6.45) is 2.80. The van der Waals surface area contributed by atoms with Crippen LogP contribution >= 0.6 is 11.3 Å². The monoisotopic (exact) mass is 240 g/mol. The van der Waals surface area contributed by atoms with Crippen LogP contribution in [-0.2, 0) is 4.79 Å². The quantitative estimate of drug-likeness (QED) is 0.820. The van der Waals surface area contributed by atoms with E-state index in [1.165, 1.54) is 17.4 Å². The van der Waals surface area contributed by atoms with Gasteiger partial charge in [0.25, 0.3) is 0 Å². The molecule has 1 aromatic heterocycles. The molecule has 0 saturated heterocycles. The van der Waals surface area contributed by atoms with Crippen LogP contribution < -0.4 is 5.32 Å². The van der Waals surface area contributed by atoms with E-state index in [0.29, 0.717) is 17.2 Å². The zero-order valence-corrected chi connectivity index (χ0v) is 10.0. The molecular formula is C11H13FN2OS. The topological polar surface area (TPSA) is 42.0 Å². The Kier molecular flexibility index (Phi) is 4.37. The molecule has 0 radical (unpaired) electrons. The highest BCUT2D eigenvalue weighted by Crippen LogP contribution is 2.24. The summed E-state index contributed by atoms with van der Waals surface area (Å²) in [5, 5.41) is 3.13. The molecular weight excluding hydrogens is 227 g/mol. The third-order valence-corrected chi connectivity index (χ3v) is 2.77. The highest BCUT2D eigenvalue weighted by Gasteiger charge is 2.08. The van der Waals surface area contributed by atoms with Gasteiger partial charge in [0, 0.05) is 17.4 Å². The number of anilines is 1. The molecule has 0 fully saturated rings. The maximum Gasteiger partial charge on any atom is 0.225 e. The Bertz CT molecular complexity index is 437. The van der Waals surface area contributed by atoms with E-state index >= 15 is 0 Å². The standard InChI is InChI=1S/C11H13FN2OS/c1-4-8(12)6-9-7(3)16-11(13-9)14-10(15)5-2/h4,6H,1,5H2,2-3H3,(H,13,14,15)/b8-6+. The first-order valence-corrected chi connectivity index (χ1v) is 5.65. The number of hydrogen-bond donors (Lipinski definition) is 1. The fourth-order valence-electron chi connectivity index (χ4n) is 0.993. The number of aryl methyl sites for hydroxylation is 1. The molecule has 0 aliphatic carbocycles. The Morgan fingerprint density at radius 2 is 2.38 bits per heavy atom. The van der Waals surface area contributed by atoms with Gasteiger partial charge in [0.15, 0.2) is 5.13 Å². The summed E-state index contributed by atoms with van der Waals surface area (Å²) in [5.41, 5.74) is 0.522. The lowest BCUT2D eigenvalue weighted by molar-refractivity contribution is -0.115. The summed E-state index contributed by atoms with van der Waals surface area (Å²) in [5.74, 6) is -0.546. The van der Waals surface area contributed by atoms with Gasteiger partial charge in [0.05, 0.1) is 5.69 Å². The lowest BCUT2D eigenvalue weighted by Gasteiger charge is -1.95. The van der Waals surface area contributed by atoms with Gasteiger partial charge in [-0.15, -0.1) is 11.3 Å². The highest BCUT2D eigenvalue weighted by molar-refractivity contribution is 7.15. The van der Waals surface area contributed by atoms with E-state index in [1.54, 1.807) is 6.92 Å². The minimum Gasteiger partial charge on any atom is -0.302 e. The molecule has 1 heterocycles. The second-order valence-corrected chi connectivity index (χ2v) is 4.30. The van der Waals surface area contributed by atoms with Crippen molar-refractivity contribution in [2.24, 2.45) is 0 Å². The number of rotatable bonds is 4. The molecule has 86 valence electrons. The molecule has 0 unspecified atom stereocenters. The molecule has 1 N–H and O–H groups in total. The first-order chi connectivity index (χ1) is 7.56. The average molecular weight is 240 g/mol. The zero-order chi connectivity index (χ0) is 12.1. The van der Waals surface area contributed by atoms with Crippen molar-refractivity contribution in [3.63, 3.8) is 0 Å². The predicted octanol–water partition coefficient (Wildman–Crippen LogP) is 3.30. The fourth-order valence-corrected chi connectivity index (χ4v) is 1.80. The summed E-state index contributed by atoms with van der Waals surface area (Å²) in [6, 6.07) is 0. The van der Waals surface area contributed by atoms with Gasteiger partial charge in [0.1, 0.15) is 5.83 Å². The molecule has 5 heteroatoms. The number of aromatic nitrogens is 1. The second-order valence-electron chi connectivity index (χ2n) is 3.10. The van der Waals surface area contributed by atoms with Crippen molar-refractivity contribution >= 4 is 28.5 Å². The lowest BCUT2D eigenvalue weighted by Crippen LogP contribution is -2.08. The van der Waals surface area contributed by atoms with Crippen molar-refractivity contribution in [1.29, 1.82) is 0 Å². The molecule has 0 aromatic carbocycles. The van der Waals surface area contributed by atoms with E-state index < -0.39 is 5.83 Å². The van der Waals surface area contributed by atoms with Crippen LogP contribution in [0.2, 0.25) is 0 Å². The number of amides is 1. The number of allylic oxidation sites excluding steroid dienone is 2. The van der Waals surface area contributed by atoms with Crippen molar-refractivity contribution in [1.82, 2.24) is 4.98 Å². The number of hydrogen-bond acceptors (Lipinski definition) is 3. The van der Waals surface area contributed by atoms with Crippen LogP contribution in [0.4, 0.5) is 9.52 Å². The molecule has 1 aromatic rings. The van der Waals surface area contributed by atoms with E-state index in [-0.39, 0.29) is 5.91 Å². The smallest absolute Gasteiger partial charge is 0.225 e. The van der Waals surface area contributed by atoms with E-state index in [1.807, 2.05) is 6.92 Å². The van der Waals surface area contributed by atoms with Gasteiger partial charge in [-0.3, -0.25) is 4.79 Å². The van der Waals surface area contributed by atoms with Gasteiger partial charge in [0.2, 0.25) is 5.91 Å². The van der Waals surface area contributed by atoms with Crippen molar-refractivity contribution in [2.75, 3.05) is 5.32 Å². The van der Waals surface area contributed by atoms with Crippen molar-refractivity contribution in [3.05, 3.63) is 29.1 Å². The predicted molar refractivity (Wildman–Crippen MR) is 65.1 cm³/mol. The average Bonchev–Trinajstić information content (AvgIpc) is 2.58. The van der Waals surface area contributed by atoms with E-state index in [0.717, 1.165) is 11.0 Å². The van der Waals surface area contributed by atoms with Crippen LogP contribution in [0.1, 0.15) is 23.9 Å². The van der Waals surface area contributed by atoms with Gasteiger partial charge in [-0.25, -0.2) is 9.37 Å². The maximum absolute atomic E-state index is 13.0. The minimum atomic E-state index is -0.443. The van der Waals surface area contributed by atoms with E-state index in [4.69, 9.17) is 0 Å². The van der Waals surface area contributed by atoms with E-state index in [2.05, 4.69) is 16.9 Å². The summed E-state index contributed by atoms with van der Waals surface area (Å²) in [4.78, 5) is 16.1. The first-order valence-electron chi connectivity index (χ1n) is 4.83. The summed E-state index contributed by atoms with van der Waals surface area (Å²) in [7, 11) is 0. The molecule has 0 aliphatic rings. The molecule has 3 nitrogen and oxygen atoms in total. The number of carbonyl (C=O) groups excluding carboxylic acids is 1. The highest BCUT2D eigenvalue weighted by atomic mass is 32.1. The first kappa shape index (κ1) is 12.6. The van der Waals surface area contributed by atoms with Crippen molar-refractivity contribution in [3.8, 4) is 0 Å². The second kappa shape index (κ2) is 5.55. The normalized spacial score (nSPS) is 11.3. The Balaban J connectivity index is 2.90. The zero-order valence-electron chi connectivity index (χ0n) is 9.21. The van der Waals surface area contributed by atoms with Crippen LogP contribution in [0.3, 0.4) is 0 Å². The number of thiazole rings is 1. The Morgan fingerprint density at radius 1 is 1.69 bits per heavy atom. The molecule has 1 rings (SSSR count). The number of nitrogens with one attached hydrogen (secondary N) is 1. The van der Waals surface area contributed by atoms with Gasteiger partial charge < -0.3 is 5.32 Å². The van der Waals surface area contributed by atoms with Crippen LogP contribution in [0.15, 0.2) is 18.5 Å². The molecule has 16 heavy (non-hydrogen) atoms. The molecule has 1 amide bonds. The Hall–Kier alpha value is -1.49. The maximum atomic E-state index is 13.0. The molecule has 0 aliphatic heterocycles. The van der Waals surface area contributed by atoms with Crippen LogP contribution in [0.5, 0.6) is 0 Å². The van der Waals surface area contributed by atoms with Crippen molar-refractivity contribution < 1.29 is 9.18 Å². The number of halogens is 1. The minimum absolute atomic E-state index is 0.103. The fraction of sp³-hybridized carbons (Fsp3) is 0.273. The Labute approximate surface area is 97.7 Å².